The number of alkyl halides is 3. The van der Waals surface area contributed by atoms with Gasteiger partial charge in [-0.25, -0.2) is 14.4 Å². The van der Waals surface area contributed by atoms with Crippen LogP contribution >= 0.6 is 0 Å². The number of nitrogens with zero attached hydrogens (tertiary/aromatic N) is 5. The molecule has 1 saturated carbocycles. The Morgan fingerprint density at radius 3 is 2.53 bits per heavy atom. The second-order valence-electron chi connectivity index (χ2n) is 10.4. The van der Waals surface area contributed by atoms with E-state index in [1.54, 1.807) is 0 Å². The molecule has 1 N–H and O–H groups in total. The zero-order valence-electron chi connectivity index (χ0n) is 21.0. The van der Waals surface area contributed by atoms with Crippen LogP contribution in [0.2, 0.25) is 0 Å². The third-order valence-corrected chi connectivity index (χ3v) is 7.90. The summed E-state index contributed by atoms with van der Waals surface area (Å²) >= 11 is 0. The predicted molar refractivity (Wildman–Crippen MR) is 133 cm³/mol. The van der Waals surface area contributed by atoms with E-state index in [-0.39, 0.29) is 6.04 Å². The molecule has 6 rings (SSSR count). The number of aromatic nitrogens is 4. The van der Waals surface area contributed by atoms with Gasteiger partial charge in [-0.15, -0.1) is 0 Å². The molecule has 204 valence electrons. The second kappa shape index (κ2) is 9.87. The van der Waals surface area contributed by atoms with Gasteiger partial charge in [0.15, 0.2) is 11.6 Å². The summed E-state index contributed by atoms with van der Waals surface area (Å²) in [7, 11) is 0. The lowest BCUT2D eigenvalue weighted by atomic mass is 9.93. The van der Waals surface area contributed by atoms with Crippen LogP contribution in [0.3, 0.4) is 0 Å². The summed E-state index contributed by atoms with van der Waals surface area (Å²) < 4.78 is 67.0. The monoisotopic (exact) mass is 534 g/mol. The lowest BCUT2D eigenvalue weighted by Gasteiger charge is -2.29. The number of nitrogens with one attached hydrogen (secondary N) is 1. The van der Waals surface area contributed by atoms with Gasteiger partial charge < -0.3 is 19.7 Å². The van der Waals surface area contributed by atoms with Gasteiger partial charge in [0.2, 0.25) is 0 Å². The normalized spacial score (nSPS) is 25.7. The molecule has 0 radical (unpaired) electrons. The number of hydrogen-bond acceptors (Lipinski definition) is 7. The summed E-state index contributed by atoms with van der Waals surface area (Å²) in [6, 6.07) is 2.73. The Bertz CT molecular complexity index is 1290. The highest BCUT2D eigenvalue weighted by atomic mass is 19.4. The highest BCUT2D eigenvalue weighted by Crippen LogP contribution is 2.40. The minimum atomic E-state index is -4.80. The average molecular weight is 535 g/mol. The molecule has 0 aromatic carbocycles. The van der Waals surface area contributed by atoms with Gasteiger partial charge in [0, 0.05) is 49.9 Å². The van der Waals surface area contributed by atoms with E-state index in [2.05, 4.69) is 24.9 Å². The minimum absolute atomic E-state index is 0.0766. The van der Waals surface area contributed by atoms with Crippen LogP contribution in [0.5, 0.6) is 5.88 Å². The molecule has 0 bridgehead atoms. The van der Waals surface area contributed by atoms with Crippen LogP contribution in [-0.4, -0.2) is 58.7 Å². The molecule has 3 aromatic rings. The summed E-state index contributed by atoms with van der Waals surface area (Å²) in [5.41, 5.74) is -0.372. The zero-order valence-corrected chi connectivity index (χ0v) is 21.0. The van der Waals surface area contributed by atoms with Crippen LogP contribution in [0.4, 0.5) is 29.2 Å². The molecule has 2 atom stereocenters. The summed E-state index contributed by atoms with van der Waals surface area (Å²) in [4.78, 5) is 10.6. The van der Waals surface area contributed by atoms with E-state index in [1.807, 2.05) is 19.2 Å². The highest BCUT2D eigenvalue weighted by Gasteiger charge is 2.39. The van der Waals surface area contributed by atoms with Crippen LogP contribution in [0.25, 0.3) is 10.9 Å². The van der Waals surface area contributed by atoms with E-state index in [4.69, 9.17) is 14.6 Å². The Labute approximate surface area is 217 Å². The van der Waals surface area contributed by atoms with Gasteiger partial charge in [0.1, 0.15) is 11.9 Å². The van der Waals surface area contributed by atoms with Crippen molar-refractivity contribution in [2.75, 3.05) is 43.1 Å². The number of halogens is 4. The highest BCUT2D eigenvalue weighted by molar-refractivity contribution is 5.91. The predicted octanol–water partition coefficient (Wildman–Crippen LogP) is 5.06. The third kappa shape index (κ3) is 4.63. The molecule has 3 fully saturated rings. The maximum Gasteiger partial charge on any atom is 0.419 e. The van der Waals surface area contributed by atoms with E-state index in [0.717, 1.165) is 61.6 Å². The van der Waals surface area contributed by atoms with Gasteiger partial charge in [0.25, 0.3) is 5.88 Å². The summed E-state index contributed by atoms with van der Waals surface area (Å²) in [5.74, 6) is 0.679. The molecule has 2 aliphatic heterocycles. The average Bonchev–Trinajstić information content (AvgIpc) is 3.59. The van der Waals surface area contributed by atoms with Gasteiger partial charge in [-0.1, -0.05) is 0 Å². The Hall–Kier alpha value is -3.15. The van der Waals surface area contributed by atoms with E-state index < -0.39 is 29.5 Å². The Kier molecular flexibility index (Phi) is 6.53. The molecule has 2 saturated heterocycles. The molecule has 3 aliphatic rings. The SMILES string of the molecule is CCNc1cc2c(cn1)c(N1CC3COCC3C1)nn2C1CCC(Oc2nccc(C(F)(F)F)c2F)CC1. The summed E-state index contributed by atoms with van der Waals surface area (Å²) in [5, 5.41) is 9.35. The molecule has 8 nitrogen and oxygen atoms in total. The maximum atomic E-state index is 14.4. The molecule has 12 heteroatoms. The fourth-order valence-corrected chi connectivity index (χ4v) is 5.96. The number of anilines is 2. The van der Waals surface area contributed by atoms with Crippen LogP contribution in [0, 0.1) is 17.7 Å². The maximum absolute atomic E-state index is 14.4. The number of pyridine rings is 2. The first-order valence-corrected chi connectivity index (χ1v) is 13.1. The smallest absolute Gasteiger partial charge is 0.419 e. The topological polar surface area (TPSA) is 77.3 Å². The van der Waals surface area contributed by atoms with Crippen molar-refractivity contribution in [2.45, 2.75) is 50.9 Å². The number of hydrogen-bond donors (Lipinski definition) is 1. The fourth-order valence-electron chi connectivity index (χ4n) is 5.96. The Balaban J connectivity index is 1.22. The second-order valence-corrected chi connectivity index (χ2v) is 10.4. The van der Waals surface area contributed by atoms with Crippen molar-refractivity contribution in [2.24, 2.45) is 11.8 Å². The number of rotatable bonds is 6. The molecule has 0 spiro atoms. The van der Waals surface area contributed by atoms with Crippen molar-refractivity contribution in [3.8, 4) is 5.88 Å². The van der Waals surface area contributed by atoms with Crippen LogP contribution in [0.1, 0.15) is 44.2 Å². The van der Waals surface area contributed by atoms with Crippen LogP contribution in [0.15, 0.2) is 24.5 Å². The van der Waals surface area contributed by atoms with Crippen molar-refractivity contribution in [3.63, 3.8) is 0 Å². The molecule has 2 unspecified atom stereocenters. The largest absolute Gasteiger partial charge is 0.472 e. The summed E-state index contributed by atoms with van der Waals surface area (Å²) in [6.07, 6.45) is 0.0771. The quantitative estimate of drug-likeness (QED) is 0.443. The first-order chi connectivity index (χ1) is 18.3. The Morgan fingerprint density at radius 1 is 1.11 bits per heavy atom. The Morgan fingerprint density at radius 2 is 1.84 bits per heavy atom. The van der Waals surface area contributed by atoms with Crippen LogP contribution < -0.4 is 15.0 Å². The standard InChI is InChI=1S/C26H30F4N6O2/c1-2-31-22-9-21-19(10-33-22)24(35-11-15-13-37-14-16(15)12-35)34-36(21)17-3-5-18(6-4-17)38-25-23(27)20(7-8-32-25)26(28,29)30/h7-10,15-18H,2-6,11-14H2,1H3,(H,31,33). The fraction of sp³-hybridized carbons (Fsp3) is 0.577. The lowest BCUT2D eigenvalue weighted by Crippen LogP contribution is -2.27. The number of ether oxygens (including phenoxy) is 2. The van der Waals surface area contributed by atoms with Crippen molar-refractivity contribution in [1.82, 2.24) is 19.7 Å². The minimum Gasteiger partial charge on any atom is -0.472 e. The van der Waals surface area contributed by atoms with Gasteiger partial charge in [-0.05, 0) is 38.7 Å². The van der Waals surface area contributed by atoms with Crippen molar-refractivity contribution in [1.29, 1.82) is 0 Å². The first-order valence-electron chi connectivity index (χ1n) is 13.1. The van der Waals surface area contributed by atoms with Gasteiger partial charge in [-0.2, -0.15) is 18.3 Å². The van der Waals surface area contributed by atoms with Gasteiger partial charge >= 0.3 is 6.18 Å². The van der Waals surface area contributed by atoms with Crippen molar-refractivity contribution >= 4 is 22.5 Å². The lowest BCUT2D eigenvalue weighted by molar-refractivity contribution is -0.140. The molecule has 1 aliphatic carbocycles. The number of fused-ring (bicyclic) bond motifs is 2. The van der Waals surface area contributed by atoms with E-state index in [9.17, 15) is 17.6 Å². The molecule has 38 heavy (non-hydrogen) atoms. The van der Waals surface area contributed by atoms with Gasteiger partial charge in [0.05, 0.1) is 35.7 Å². The molecular weight excluding hydrogens is 504 g/mol. The van der Waals surface area contributed by atoms with E-state index in [0.29, 0.717) is 43.6 Å². The van der Waals surface area contributed by atoms with Gasteiger partial charge in [-0.3, -0.25) is 4.68 Å². The molecule has 0 amide bonds. The van der Waals surface area contributed by atoms with Crippen molar-refractivity contribution in [3.05, 3.63) is 35.9 Å². The van der Waals surface area contributed by atoms with E-state index >= 15 is 0 Å². The van der Waals surface area contributed by atoms with Crippen molar-refractivity contribution < 1.29 is 27.0 Å². The third-order valence-electron chi connectivity index (χ3n) is 7.90. The summed E-state index contributed by atoms with van der Waals surface area (Å²) in [6.45, 7) is 6.15. The zero-order chi connectivity index (χ0) is 26.4. The molecule has 5 heterocycles. The van der Waals surface area contributed by atoms with Crippen LogP contribution in [-0.2, 0) is 10.9 Å². The van der Waals surface area contributed by atoms with E-state index in [1.165, 1.54) is 0 Å². The molecule has 3 aromatic heterocycles. The molecular formula is C26H30F4N6O2. The first kappa shape index (κ1) is 25.1.